The minimum absolute atomic E-state index is 0.184. The summed E-state index contributed by atoms with van der Waals surface area (Å²) >= 11 is 0. The number of rotatable bonds is 7. The molecule has 2 aliphatic rings. The van der Waals surface area contributed by atoms with Gasteiger partial charge in [-0.3, -0.25) is 9.78 Å². The molecule has 0 aromatic heterocycles. The van der Waals surface area contributed by atoms with Crippen LogP contribution in [0.2, 0.25) is 0 Å². The van der Waals surface area contributed by atoms with E-state index in [1.54, 1.807) is 0 Å². The second kappa shape index (κ2) is 7.76. The molecular weight excluding hydrogens is 332 g/mol. The van der Waals surface area contributed by atoms with Crippen LogP contribution in [0.4, 0.5) is 0 Å². The van der Waals surface area contributed by atoms with Crippen molar-refractivity contribution in [2.24, 2.45) is 5.73 Å². The molecule has 8 heteroatoms. The molecule has 26 heavy (non-hydrogen) atoms. The molecule has 2 heterocycles. The highest BCUT2D eigenvalue weighted by molar-refractivity contribution is 5.81. The molecule has 0 unspecified atom stereocenters. The lowest BCUT2D eigenvalue weighted by atomic mass is 10.1. The third-order valence-electron chi connectivity index (χ3n) is 4.54. The zero-order chi connectivity index (χ0) is 18.7. The number of fused-ring (bicyclic) bond motifs is 2. The van der Waals surface area contributed by atoms with Crippen molar-refractivity contribution in [3.8, 4) is 11.5 Å². The number of hydrogen-bond donors (Lipinski definition) is 3. The van der Waals surface area contributed by atoms with Crippen molar-refractivity contribution < 1.29 is 0 Å². The largest absolute Gasteiger partial charge is 0.349 e. The molecule has 8 nitrogen and oxygen atoms in total. The Balaban J connectivity index is 2.05. The standard InChI is InChI=1S/C18H24N6O2/c1-11-9-13-14(10-12(11)2)24(8-7-20-6-4-3-5-19)16-15(21-13)17(25)23-18(26)22-16/h9-10,20H,3-8,19H2,1-2H3,(H,23,25,26). The van der Waals surface area contributed by atoms with Gasteiger partial charge in [0.25, 0.3) is 5.56 Å². The van der Waals surface area contributed by atoms with E-state index in [1.165, 1.54) is 0 Å². The third kappa shape index (κ3) is 3.66. The first-order chi connectivity index (χ1) is 12.5. The highest BCUT2D eigenvalue weighted by Gasteiger charge is 2.18. The zero-order valence-corrected chi connectivity index (χ0v) is 15.1. The molecule has 0 radical (unpaired) electrons. The number of aromatic nitrogens is 4. The van der Waals surface area contributed by atoms with Gasteiger partial charge in [-0.05, 0) is 63.0 Å². The lowest BCUT2D eigenvalue weighted by molar-refractivity contribution is 0.578. The lowest BCUT2D eigenvalue weighted by Crippen LogP contribution is -2.30. The summed E-state index contributed by atoms with van der Waals surface area (Å²) in [5.41, 5.74) is 8.32. The molecule has 0 amide bonds. The van der Waals surface area contributed by atoms with E-state index in [-0.39, 0.29) is 5.69 Å². The molecule has 2 aliphatic heterocycles. The van der Waals surface area contributed by atoms with E-state index < -0.39 is 11.2 Å². The second-order valence-corrected chi connectivity index (χ2v) is 6.48. The van der Waals surface area contributed by atoms with Gasteiger partial charge in [-0.25, -0.2) is 9.78 Å². The maximum atomic E-state index is 12.2. The van der Waals surface area contributed by atoms with Crippen LogP contribution >= 0.6 is 0 Å². The van der Waals surface area contributed by atoms with Crippen LogP contribution in [0.3, 0.4) is 0 Å². The van der Waals surface area contributed by atoms with Gasteiger partial charge < -0.3 is 15.6 Å². The van der Waals surface area contributed by atoms with Gasteiger partial charge in [-0.2, -0.15) is 4.98 Å². The summed E-state index contributed by atoms with van der Waals surface area (Å²) in [5, 5.41) is 3.36. The normalized spacial score (nSPS) is 11.5. The van der Waals surface area contributed by atoms with Crippen molar-refractivity contribution in [2.45, 2.75) is 33.2 Å². The molecule has 1 aromatic carbocycles. The number of nitrogens with zero attached hydrogens (tertiary/aromatic N) is 3. The summed E-state index contributed by atoms with van der Waals surface area (Å²) in [4.78, 5) is 34.6. The predicted octanol–water partition coefficient (Wildman–Crippen LogP) is 0.530. The Morgan fingerprint density at radius 1 is 1.12 bits per heavy atom. The molecule has 0 atom stereocenters. The highest BCUT2D eigenvalue weighted by atomic mass is 16.2. The minimum Gasteiger partial charge on any atom is -0.330 e. The average Bonchev–Trinajstić information content (AvgIpc) is 2.59. The van der Waals surface area contributed by atoms with Crippen molar-refractivity contribution in [2.75, 3.05) is 19.6 Å². The molecule has 0 aliphatic carbocycles. The fourth-order valence-electron chi connectivity index (χ4n) is 2.99. The number of nitrogens with two attached hydrogens (primary N) is 1. The Bertz CT molecular complexity index is 1010. The first kappa shape index (κ1) is 18.2. The molecule has 0 fully saturated rings. The van der Waals surface area contributed by atoms with Gasteiger partial charge in [0, 0.05) is 13.1 Å². The Morgan fingerprint density at radius 3 is 2.65 bits per heavy atom. The number of H-pyrrole nitrogens is 1. The van der Waals surface area contributed by atoms with Crippen molar-refractivity contribution in [1.29, 1.82) is 0 Å². The molecule has 0 spiro atoms. The molecule has 1 aromatic rings. The maximum Gasteiger partial charge on any atom is 0.349 e. The van der Waals surface area contributed by atoms with Gasteiger partial charge in [0.1, 0.15) is 0 Å². The summed E-state index contributed by atoms with van der Waals surface area (Å²) in [6.45, 7) is 6.87. The van der Waals surface area contributed by atoms with Gasteiger partial charge in [0.15, 0.2) is 11.5 Å². The van der Waals surface area contributed by atoms with E-state index in [1.807, 2.05) is 30.5 Å². The SMILES string of the molecule is Cc1cc2nc3c(=O)[nH]c(=O)nc-3n(CCNCCCCN)c2cc1C. The number of nitrogens with one attached hydrogen (secondary N) is 2. The summed E-state index contributed by atoms with van der Waals surface area (Å²) in [6.07, 6.45) is 2.00. The molecule has 0 bridgehead atoms. The lowest BCUT2D eigenvalue weighted by Gasteiger charge is -2.18. The molecular formula is C18H24N6O2. The topological polar surface area (TPSA) is 119 Å². The van der Waals surface area contributed by atoms with E-state index in [0.29, 0.717) is 25.5 Å². The van der Waals surface area contributed by atoms with Crippen molar-refractivity contribution in [1.82, 2.24) is 24.8 Å². The Hall–Kier alpha value is -2.58. The minimum atomic E-state index is -0.655. The highest BCUT2D eigenvalue weighted by Crippen LogP contribution is 2.23. The van der Waals surface area contributed by atoms with Gasteiger partial charge in [0.2, 0.25) is 0 Å². The Labute approximate surface area is 150 Å². The van der Waals surface area contributed by atoms with Crippen molar-refractivity contribution >= 4 is 11.0 Å². The second-order valence-electron chi connectivity index (χ2n) is 6.48. The van der Waals surface area contributed by atoms with Crippen molar-refractivity contribution in [3.05, 3.63) is 44.1 Å². The number of hydrogen-bond acceptors (Lipinski definition) is 6. The van der Waals surface area contributed by atoms with Crippen LogP contribution in [0.25, 0.3) is 22.6 Å². The molecule has 3 rings (SSSR count). The zero-order valence-electron chi connectivity index (χ0n) is 15.1. The maximum absolute atomic E-state index is 12.2. The summed E-state index contributed by atoms with van der Waals surface area (Å²) in [6, 6.07) is 3.98. The summed E-state index contributed by atoms with van der Waals surface area (Å²) in [5.74, 6) is 0.318. The third-order valence-corrected chi connectivity index (χ3v) is 4.54. The van der Waals surface area contributed by atoms with Crippen LogP contribution in [0.15, 0.2) is 21.7 Å². The van der Waals surface area contributed by atoms with Crippen LogP contribution < -0.4 is 22.3 Å². The van der Waals surface area contributed by atoms with Gasteiger partial charge in [0.05, 0.1) is 11.0 Å². The van der Waals surface area contributed by atoms with E-state index in [4.69, 9.17) is 5.73 Å². The number of aryl methyl sites for hydroxylation is 2. The quantitative estimate of drug-likeness (QED) is 0.420. The average molecular weight is 356 g/mol. The number of benzene rings is 1. The van der Waals surface area contributed by atoms with Gasteiger partial charge >= 0.3 is 5.69 Å². The Kier molecular flexibility index (Phi) is 5.43. The van der Waals surface area contributed by atoms with E-state index in [9.17, 15) is 9.59 Å². The fourth-order valence-corrected chi connectivity index (χ4v) is 2.99. The fraction of sp³-hybridized carbons (Fsp3) is 0.444. The first-order valence-corrected chi connectivity index (χ1v) is 8.84. The summed E-state index contributed by atoms with van der Waals surface area (Å²) < 4.78 is 1.90. The Morgan fingerprint density at radius 2 is 1.88 bits per heavy atom. The van der Waals surface area contributed by atoms with E-state index in [0.717, 1.165) is 41.5 Å². The number of unbranched alkanes of at least 4 members (excludes halogenated alkanes) is 1. The smallest absolute Gasteiger partial charge is 0.330 e. The van der Waals surface area contributed by atoms with Gasteiger partial charge in [-0.15, -0.1) is 0 Å². The van der Waals surface area contributed by atoms with Crippen LogP contribution in [-0.4, -0.2) is 39.2 Å². The monoisotopic (exact) mass is 356 g/mol. The first-order valence-electron chi connectivity index (χ1n) is 8.84. The van der Waals surface area contributed by atoms with Crippen LogP contribution in [0, 0.1) is 13.8 Å². The van der Waals surface area contributed by atoms with E-state index in [2.05, 4.69) is 20.3 Å². The van der Waals surface area contributed by atoms with Crippen LogP contribution in [0.5, 0.6) is 0 Å². The van der Waals surface area contributed by atoms with Gasteiger partial charge in [-0.1, -0.05) is 0 Å². The molecule has 4 N–H and O–H groups in total. The summed E-state index contributed by atoms with van der Waals surface area (Å²) in [7, 11) is 0. The van der Waals surface area contributed by atoms with E-state index >= 15 is 0 Å². The molecule has 0 saturated carbocycles. The van der Waals surface area contributed by atoms with Crippen LogP contribution in [-0.2, 0) is 6.54 Å². The van der Waals surface area contributed by atoms with Crippen molar-refractivity contribution in [3.63, 3.8) is 0 Å². The number of aromatic amines is 1. The molecule has 138 valence electrons. The van der Waals surface area contributed by atoms with Crippen LogP contribution in [0.1, 0.15) is 24.0 Å². The molecule has 0 saturated heterocycles. The predicted molar refractivity (Wildman–Crippen MR) is 102 cm³/mol.